The van der Waals surface area contributed by atoms with E-state index in [4.69, 9.17) is 14.2 Å². The summed E-state index contributed by atoms with van der Waals surface area (Å²) in [5.74, 6) is -0.854. The number of halogens is 2. The lowest BCUT2D eigenvalue weighted by Crippen LogP contribution is -2.38. The summed E-state index contributed by atoms with van der Waals surface area (Å²) < 4.78 is 49.2. The molecule has 41 heavy (non-hydrogen) atoms. The molecule has 0 radical (unpaired) electrons. The molecule has 11 heteroatoms. The minimum absolute atomic E-state index is 0.000485. The van der Waals surface area contributed by atoms with E-state index in [9.17, 15) is 14.1 Å². The highest BCUT2D eigenvalue weighted by molar-refractivity contribution is 9.10. The summed E-state index contributed by atoms with van der Waals surface area (Å²) in [7, 11) is 0. The van der Waals surface area contributed by atoms with Crippen LogP contribution in [0, 0.1) is 12.7 Å². The maximum atomic E-state index is 15.7. The van der Waals surface area contributed by atoms with Gasteiger partial charge in [0.25, 0.3) is 0 Å². The Labute approximate surface area is 254 Å². The number of benzene rings is 2. The zero-order valence-corrected chi connectivity index (χ0v) is 27.0. The lowest BCUT2D eigenvalue weighted by atomic mass is 10.0. The Morgan fingerprint density at radius 1 is 1.15 bits per heavy atom. The van der Waals surface area contributed by atoms with E-state index in [0.717, 1.165) is 19.3 Å². The molecule has 2 rings (SSSR count). The molecule has 0 saturated heterocycles. The third kappa shape index (κ3) is 10.6. The number of amides is 1. The van der Waals surface area contributed by atoms with Gasteiger partial charge in [0.15, 0.2) is 5.75 Å². The van der Waals surface area contributed by atoms with Gasteiger partial charge in [-0.15, -0.1) is 0 Å². The zero-order valence-electron chi connectivity index (χ0n) is 24.6. The van der Waals surface area contributed by atoms with E-state index in [1.165, 1.54) is 18.0 Å². The van der Waals surface area contributed by atoms with Crippen LogP contribution in [0.3, 0.4) is 0 Å². The third-order valence-electron chi connectivity index (χ3n) is 5.68. The first kappa shape index (κ1) is 34.6. The Morgan fingerprint density at radius 3 is 2.41 bits per heavy atom. The highest BCUT2D eigenvalue weighted by atomic mass is 79.9. The van der Waals surface area contributed by atoms with E-state index in [0.29, 0.717) is 12.2 Å². The van der Waals surface area contributed by atoms with Gasteiger partial charge >= 0.3 is 12.1 Å². The summed E-state index contributed by atoms with van der Waals surface area (Å²) in [6, 6.07) is 8.42. The van der Waals surface area contributed by atoms with Gasteiger partial charge in [-0.3, -0.25) is 4.90 Å². The number of carbonyl (C=O) groups excluding carboxylic acids is 2. The van der Waals surface area contributed by atoms with Crippen molar-refractivity contribution in [3.63, 3.8) is 0 Å². The van der Waals surface area contributed by atoms with Crippen LogP contribution in [0.4, 0.5) is 14.9 Å². The lowest BCUT2D eigenvalue weighted by molar-refractivity contribution is 0.0578. The second-order valence-corrected chi connectivity index (χ2v) is 12.4. The van der Waals surface area contributed by atoms with Crippen LogP contribution in [0.1, 0.15) is 82.6 Å². The Balaban J connectivity index is 2.64. The van der Waals surface area contributed by atoms with Crippen LogP contribution in [-0.2, 0) is 16.1 Å². The summed E-state index contributed by atoms with van der Waals surface area (Å²) >= 11 is 1.94. The first-order valence-corrected chi connectivity index (χ1v) is 15.8. The van der Waals surface area contributed by atoms with Crippen molar-refractivity contribution in [2.45, 2.75) is 79.2 Å². The first-order valence-electron chi connectivity index (χ1n) is 13.7. The van der Waals surface area contributed by atoms with E-state index >= 15 is 4.39 Å². The van der Waals surface area contributed by atoms with Crippen LogP contribution >= 0.6 is 15.9 Å². The minimum Gasteiger partial charge on any atom is -0.591 e. The highest BCUT2D eigenvalue weighted by Gasteiger charge is 2.34. The summed E-state index contributed by atoms with van der Waals surface area (Å²) in [6.07, 6.45) is 4.04. The number of carbonyl (C=O) groups is 2. The molecule has 0 aromatic heterocycles. The molecular weight excluding hydrogens is 615 g/mol. The Kier molecular flexibility index (Phi) is 14.1. The fraction of sp³-hybridized carbons (Fsp3) is 0.500. The Morgan fingerprint density at radius 2 is 1.80 bits per heavy atom. The van der Waals surface area contributed by atoms with Gasteiger partial charge in [0.05, 0.1) is 28.7 Å². The molecule has 0 heterocycles. The Bertz CT molecular complexity index is 1190. The smallest absolute Gasteiger partial charge is 0.414 e. The molecular formula is C30H40BrFN2O6S. The normalized spacial score (nSPS) is 12.3. The molecule has 0 aliphatic rings. The molecule has 0 aliphatic heterocycles. The van der Waals surface area contributed by atoms with E-state index in [1.807, 2.05) is 13.8 Å². The number of ether oxygens (including phenoxy) is 3. The molecule has 2 aromatic rings. The van der Waals surface area contributed by atoms with Gasteiger partial charge in [-0.2, -0.15) is 0 Å². The van der Waals surface area contributed by atoms with Crippen LogP contribution in [-0.4, -0.2) is 47.3 Å². The van der Waals surface area contributed by atoms with Crippen LogP contribution < -0.4 is 14.4 Å². The zero-order chi connectivity index (χ0) is 30.6. The van der Waals surface area contributed by atoms with Gasteiger partial charge in [0, 0.05) is 18.5 Å². The molecule has 226 valence electrons. The predicted molar refractivity (Wildman–Crippen MR) is 165 cm³/mol. The standard InChI is InChI=1S/C30H40BrFN2O6S/c1-7-9-19-38-27-23(28(35)39-22-15-12-11-13-16-22)21(3)25(32)24(31)26(27)34(29(36)40-30(4,5)6)18-14-17-33-41(37)20-10-8-2/h11-13,15-17H,7-10,14,18-20H2,1-6H3. The number of unbranched alkanes of at least 4 members (excludes halogenated alkanes) is 2. The third-order valence-corrected chi connectivity index (χ3v) is 7.43. The number of hydrogen-bond acceptors (Lipinski definition) is 7. The highest BCUT2D eigenvalue weighted by Crippen LogP contribution is 2.44. The van der Waals surface area contributed by atoms with Gasteiger partial charge in [0.2, 0.25) is 0 Å². The van der Waals surface area contributed by atoms with Crippen LogP contribution in [0.25, 0.3) is 0 Å². The average Bonchev–Trinajstić information content (AvgIpc) is 2.91. The maximum absolute atomic E-state index is 15.7. The average molecular weight is 656 g/mol. The van der Waals surface area contributed by atoms with Crippen molar-refractivity contribution in [3.8, 4) is 11.5 Å². The van der Waals surface area contributed by atoms with Crippen LogP contribution in [0.15, 0.2) is 39.2 Å². The molecule has 0 aliphatic carbocycles. The quantitative estimate of drug-likeness (QED) is 0.0673. The molecule has 2 aromatic carbocycles. The van der Waals surface area contributed by atoms with Gasteiger partial charge in [-0.05, 0) is 68.6 Å². The van der Waals surface area contributed by atoms with E-state index < -0.39 is 34.8 Å². The monoisotopic (exact) mass is 654 g/mol. The number of anilines is 1. The Hall–Kier alpha value is -2.63. The van der Waals surface area contributed by atoms with Gasteiger partial charge < -0.3 is 18.8 Å². The van der Waals surface area contributed by atoms with Crippen molar-refractivity contribution in [1.29, 1.82) is 0 Å². The van der Waals surface area contributed by atoms with Gasteiger partial charge in [-0.1, -0.05) is 49.3 Å². The van der Waals surface area contributed by atoms with Crippen molar-refractivity contribution < 1.29 is 32.7 Å². The maximum Gasteiger partial charge on any atom is 0.414 e. The summed E-state index contributed by atoms with van der Waals surface area (Å²) in [5, 5.41) is 0. The van der Waals surface area contributed by atoms with Crippen molar-refractivity contribution in [2.24, 2.45) is 4.40 Å². The predicted octanol–water partition coefficient (Wildman–Crippen LogP) is 7.96. The number of rotatable bonds is 14. The molecule has 8 nitrogen and oxygen atoms in total. The number of hydrogen-bond donors (Lipinski definition) is 0. The molecule has 0 fully saturated rings. The van der Waals surface area contributed by atoms with Crippen molar-refractivity contribution in [1.82, 2.24) is 0 Å². The molecule has 0 N–H and O–H groups in total. The molecule has 0 saturated carbocycles. The fourth-order valence-corrected chi connectivity index (χ4v) is 5.22. The van der Waals surface area contributed by atoms with Gasteiger partial charge in [-0.25, -0.2) is 14.0 Å². The SMILES string of the molecule is CCCCOc1c(C(=O)Oc2ccccc2)c(C)c(F)c(Br)c1N(CCC=N[S+]([O-])CCCC)C(=O)OC(C)(C)C. The number of nitrogens with zero attached hydrogens (tertiary/aromatic N) is 2. The van der Waals surface area contributed by atoms with E-state index in [1.54, 1.807) is 51.1 Å². The molecule has 1 unspecified atom stereocenters. The van der Waals surface area contributed by atoms with Crippen molar-refractivity contribution in [2.75, 3.05) is 23.8 Å². The minimum atomic E-state index is -1.38. The lowest BCUT2D eigenvalue weighted by Gasteiger charge is -2.30. The molecule has 0 spiro atoms. The van der Waals surface area contributed by atoms with Crippen molar-refractivity contribution >= 4 is 51.3 Å². The van der Waals surface area contributed by atoms with E-state index in [2.05, 4.69) is 20.3 Å². The molecule has 1 amide bonds. The molecule has 1 atom stereocenters. The second kappa shape index (κ2) is 16.7. The summed E-state index contributed by atoms with van der Waals surface area (Å²) in [5.41, 5.74) is -0.994. The largest absolute Gasteiger partial charge is 0.591 e. The van der Waals surface area contributed by atoms with Crippen LogP contribution in [0.2, 0.25) is 0 Å². The fourth-order valence-electron chi connectivity index (χ4n) is 3.61. The second-order valence-electron chi connectivity index (χ2n) is 10.3. The van der Waals surface area contributed by atoms with Gasteiger partial charge in [0.1, 0.15) is 34.2 Å². The summed E-state index contributed by atoms with van der Waals surface area (Å²) in [6.45, 7) is 10.8. The van der Waals surface area contributed by atoms with Crippen molar-refractivity contribution in [3.05, 3.63) is 51.7 Å². The van der Waals surface area contributed by atoms with E-state index in [-0.39, 0.29) is 52.4 Å². The number of esters is 1. The topological polar surface area (TPSA) is 100 Å². The number of para-hydroxylation sites is 1. The first-order chi connectivity index (χ1) is 19.4. The molecule has 0 bridgehead atoms. The van der Waals surface area contributed by atoms with Crippen LogP contribution in [0.5, 0.6) is 11.5 Å². The summed E-state index contributed by atoms with van der Waals surface area (Å²) in [4.78, 5) is 28.2.